The number of carbonyl (C=O) groups excluding carboxylic acids is 1. The fourth-order valence-electron chi connectivity index (χ4n) is 2.42. The second-order valence-corrected chi connectivity index (χ2v) is 6.35. The second kappa shape index (κ2) is 6.88. The van der Waals surface area contributed by atoms with E-state index in [0.717, 1.165) is 27.1 Å². The van der Waals surface area contributed by atoms with Gasteiger partial charge in [0.1, 0.15) is 17.0 Å². The standard InChI is InChI=1S/C18H18N2O3S/c1-11-4-9-14(23-3)16-17(11)24-18(20-16)19-15(21)10-12-5-7-13(22-2)8-6-12/h4-9H,10H2,1-3H3,(H,19,20,21). The summed E-state index contributed by atoms with van der Waals surface area (Å²) in [6.07, 6.45) is 0.288. The first-order valence-corrected chi connectivity index (χ1v) is 8.29. The van der Waals surface area contributed by atoms with Gasteiger partial charge < -0.3 is 14.8 Å². The predicted molar refractivity (Wildman–Crippen MR) is 96.2 cm³/mol. The number of methoxy groups -OCH3 is 2. The number of benzene rings is 2. The molecule has 0 atom stereocenters. The first-order chi connectivity index (χ1) is 11.6. The Hall–Kier alpha value is -2.60. The number of amides is 1. The minimum absolute atomic E-state index is 0.101. The number of hydrogen-bond acceptors (Lipinski definition) is 5. The van der Waals surface area contributed by atoms with E-state index in [9.17, 15) is 4.79 Å². The highest BCUT2D eigenvalue weighted by atomic mass is 32.1. The van der Waals surface area contributed by atoms with Crippen molar-refractivity contribution in [3.05, 3.63) is 47.5 Å². The highest BCUT2D eigenvalue weighted by molar-refractivity contribution is 7.22. The molecule has 0 aliphatic rings. The number of thiazole rings is 1. The number of fused-ring (bicyclic) bond motifs is 1. The molecule has 0 bridgehead atoms. The molecular weight excluding hydrogens is 324 g/mol. The lowest BCUT2D eigenvalue weighted by atomic mass is 10.1. The number of ether oxygens (including phenoxy) is 2. The van der Waals surface area contributed by atoms with Gasteiger partial charge in [-0.1, -0.05) is 29.5 Å². The van der Waals surface area contributed by atoms with Crippen molar-refractivity contribution in [1.29, 1.82) is 0 Å². The molecule has 3 rings (SSSR count). The van der Waals surface area contributed by atoms with E-state index in [1.165, 1.54) is 11.3 Å². The maximum absolute atomic E-state index is 12.2. The van der Waals surface area contributed by atoms with Crippen molar-refractivity contribution in [2.24, 2.45) is 0 Å². The van der Waals surface area contributed by atoms with Crippen molar-refractivity contribution in [2.75, 3.05) is 19.5 Å². The number of aromatic nitrogens is 1. The second-order valence-electron chi connectivity index (χ2n) is 5.35. The van der Waals surface area contributed by atoms with Crippen molar-refractivity contribution in [3.8, 4) is 11.5 Å². The first kappa shape index (κ1) is 16.3. The van der Waals surface area contributed by atoms with Gasteiger partial charge >= 0.3 is 0 Å². The molecule has 0 aliphatic carbocycles. The van der Waals surface area contributed by atoms with Crippen molar-refractivity contribution < 1.29 is 14.3 Å². The molecule has 124 valence electrons. The Morgan fingerprint density at radius 2 is 1.88 bits per heavy atom. The molecule has 1 heterocycles. The van der Waals surface area contributed by atoms with Crippen molar-refractivity contribution in [2.45, 2.75) is 13.3 Å². The molecule has 0 spiro atoms. The molecule has 0 saturated carbocycles. The van der Waals surface area contributed by atoms with Gasteiger partial charge in [0.2, 0.25) is 5.91 Å². The van der Waals surface area contributed by atoms with Gasteiger partial charge in [-0.2, -0.15) is 0 Å². The van der Waals surface area contributed by atoms with Crippen LogP contribution in [0.5, 0.6) is 11.5 Å². The number of hydrogen-bond donors (Lipinski definition) is 1. The minimum Gasteiger partial charge on any atom is -0.497 e. The summed E-state index contributed by atoms with van der Waals surface area (Å²) in [5.41, 5.74) is 2.81. The average molecular weight is 342 g/mol. The fourth-order valence-corrected chi connectivity index (χ4v) is 3.39. The highest BCUT2D eigenvalue weighted by Crippen LogP contribution is 2.34. The normalized spacial score (nSPS) is 10.6. The van der Waals surface area contributed by atoms with Crippen LogP contribution in [0.4, 0.5) is 5.13 Å². The lowest BCUT2D eigenvalue weighted by Gasteiger charge is -2.03. The number of aryl methyl sites for hydroxylation is 1. The fraction of sp³-hybridized carbons (Fsp3) is 0.222. The van der Waals surface area contributed by atoms with Crippen LogP contribution in [0.25, 0.3) is 10.2 Å². The number of carbonyl (C=O) groups is 1. The summed E-state index contributed by atoms with van der Waals surface area (Å²) in [4.78, 5) is 16.7. The average Bonchev–Trinajstić information content (AvgIpc) is 3.00. The summed E-state index contributed by atoms with van der Waals surface area (Å²) < 4.78 is 11.5. The molecule has 2 aromatic carbocycles. The van der Waals surface area contributed by atoms with Crippen LogP contribution < -0.4 is 14.8 Å². The van der Waals surface area contributed by atoms with Crippen LogP contribution in [-0.2, 0) is 11.2 Å². The lowest BCUT2D eigenvalue weighted by Crippen LogP contribution is -2.14. The van der Waals surface area contributed by atoms with E-state index in [0.29, 0.717) is 10.9 Å². The minimum atomic E-state index is -0.101. The van der Waals surface area contributed by atoms with Gasteiger partial charge in [0.15, 0.2) is 5.13 Å². The highest BCUT2D eigenvalue weighted by Gasteiger charge is 2.13. The molecule has 0 fully saturated rings. The number of nitrogens with one attached hydrogen (secondary N) is 1. The molecule has 6 heteroatoms. The van der Waals surface area contributed by atoms with Gasteiger partial charge in [-0.05, 0) is 36.2 Å². The SMILES string of the molecule is COc1ccc(CC(=O)Nc2nc3c(OC)ccc(C)c3s2)cc1. The van der Waals surface area contributed by atoms with Crippen LogP contribution in [-0.4, -0.2) is 25.1 Å². The number of nitrogens with zero attached hydrogens (tertiary/aromatic N) is 1. The van der Waals surface area contributed by atoms with E-state index >= 15 is 0 Å². The maximum atomic E-state index is 12.2. The van der Waals surface area contributed by atoms with Crippen LogP contribution >= 0.6 is 11.3 Å². The maximum Gasteiger partial charge on any atom is 0.230 e. The smallest absolute Gasteiger partial charge is 0.230 e. The van der Waals surface area contributed by atoms with Crippen LogP contribution in [0.15, 0.2) is 36.4 Å². The van der Waals surface area contributed by atoms with Crippen molar-refractivity contribution in [3.63, 3.8) is 0 Å². The molecule has 0 radical (unpaired) electrons. The van der Waals surface area contributed by atoms with Crippen molar-refractivity contribution >= 4 is 32.6 Å². The number of rotatable bonds is 5. The molecule has 0 aliphatic heterocycles. The van der Waals surface area contributed by atoms with Crippen LogP contribution in [0.1, 0.15) is 11.1 Å². The van der Waals surface area contributed by atoms with E-state index in [1.54, 1.807) is 14.2 Å². The Balaban J connectivity index is 1.76. The molecule has 5 nitrogen and oxygen atoms in total. The third-order valence-corrected chi connectivity index (χ3v) is 4.80. The largest absolute Gasteiger partial charge is 0.497 e. The topological polar surface area (TPSA) is 60.5 Å². The molecule has 1 aromatic heterocycles. The third-order valence-electron chi connectivity index (χ3n) is 3.69. The third kappa shape index (κ3) is 3.33. The first-order valence-electron chi connectivity index (χ1n) is 7.47. The summed E-state index contributed by atoms with van der Waals surface area (Å²) in [5, 5.41) is 3.45. The van der Waals surface area contributed by atoms with Crippen molar-refractivity contribution in [1.82, 2.24) is 4.98 Å². The molecule has 1 N–H and O–H groups in total. The van der Waals surface area contributed by atoms with E-state index in [2.05, 4.69) is 10.3 Å². The van der Waals surface area contributed by atoms with Gasteiger partial charge in [-0.3, -0.25) is 4.79 Å². The van der Waals surface area contributed by atoms with Gasteiger partial charge in [0, 0.05) is 0 Å². The van der Waals surface area contributed by atoms with E-state index in [-0.39, 0.29) is 12.3 Å². The summed E-state index contributed by atoms with van der Waals surface area (Å²) in [7, 11) is 3.23. The Labute approximate surface area is 144 Å². The van der Waals surface area contributed by atoms with Gasteiger partial charge in [-0.15, -0.1) is 0 Å². The van der Waals surface area contributed by atoms with Crippen LogP contribution in [0, 0.1) is 6.92 Å². The van der Waals surface area contributed by atoms with Crippen LogP contribution in [0.2, 0.25) is 0 Å². The van der Waals surface area contributed by atoms with Gasteiger partial charge in [-0.25, -0.2) is 4.98 Å². The zero-order chi connectivity index (χ0) is 17.1. The molecule has 0 saturated heterocycles. The molecule has 24 heavy (non-hydrogen) atoms. The molecule has 0 unspecified atom stereocenters. The van der Waals surface area contributed by atoms with E-state index in [4.69, 9.17) is 9.47 Å². The Morgan fingerprint density at radius 1 is 1.12 bits per heavy atom. The Morgan fingerprint density at radius 3 is 2.54 bits per heavy atom. The quantitative estimate of drug-likeness (QED) is 0.766. The Kier molecular flexibility index (Phi) is 4.66. The zero-order valence-corrected chi connectivity index (χ0v) is 14.6. The number of anilines is 1. The summed E-state index contributed by atoms with van der Waals surface area (Å²) >= 11 is 1.46. The monoisotopic (exact) mass is 342 g/mol. The van der Waals surface area contributed by atoms with E-state index < -0.39 is 0 Å². The zero-order valence-electron chi connectivity index (χ0n) is 13.8. The molecule has 3 aromatic rings. The summed E-state index contributed by atoms with van der Waals surface area (Å²) in [6, 6.07) is 11.3. The predicted octanol–water partition coefficient (Wildman–Crippen LogP) is 3.80. The summed E-state index contributed by atoms with van der Waals surface area (Å²) in [6.45, 7) is 2.02. The van der Waals surface area contributed by atoms with E-state index in [1.807, 2.05) is 43.3 Å². The van der Waals surface area contributed by atoms with Gasteiger partial charge in [0.05, 0.1) is 25.3 Å². The molecule has 1 amide bonds. The summed E-state index contributed by atoms with van der Waals surface area (Å²) in [5.74, 6) is 1.38. The van der Waals surface area contributed by atoms with Gasteiger partial charge in [0.25, 0.3) is 0 Å². The molecular formula is C18H18N2O3S. The van der Waals surface area contributed by atoms with Crippen LogP contribution in [0.3, 0.4) is 0 Å². The Bertz CT molecular complexity index is 872. The lowest BCUT2D eigenvalue weighted by molar-refractivity contribution is -0.115.